The van der Waals surface area contributed by atoms with E-state index in [1.165, 1.54) is 32.1 Å². The highest BCUT2D eigenvalue weighted by Crippen LogP contribution is 2.55. The molecule has 1 saturated heterocycles. The second-order valence-corrected chi connectivity index (χ2v) is 11.0. The summed E-state index contributed by atoms with van der Waals surface area (Å²) in [4.78, 5) is 49.7. The van der Waals surface area contributed by atoms with E-state index >= 15 is 0 Å². The van der Waals surface area contributed by atoms with E-state index in [-0.39, 0.29) is 6.42 Å². The Morgan fingerprint density at radius 3 is 2.00 bits per heavy atom. The van der Waals surface area contributed by atoms with Gasteiger partial charge in [-0.2, -0.15) is 0 Å². The lowest BCUT2D eigenvalue weighted by molar-refractivity contribution is -0.261. The summed E-state index contributed by atoms with van der Waals surface area (Å²) in [7, 11) is 0. The Morgan fingerprint density at radius 1 is 0.947 bits per heavy atom. The van der Waals surface area contributed by atoms with Crippen LogP contribution in [0.2, 0.25) is 0 Å². The number of hydrogen-bond donors (Lipinski definition) is 4. The molecule has 10 atom stereocenters. The van der Waals surface area contributed by atoms with Crippen LogP contribution in [0.5, 0.6) is 0 Å². The molecule has 12 heteroatoms. The first-order valence-corrected chi connectivity index (χ1v) is 12.2. The van der Waals surface area contributed by atoms with E-state index in [1.807, 2.05) is 0 Å². The zero-order valence-corrected chi connectivity index (χ0v) is 22.5. The molecule has 3 rings (SSSR count). The van der Waals surface area contributed by atoms with E-state index in [0.29, 0.717) is 5.57 Å². The molecule has 12 nitrogen and oxygen atoms in total. The van der Waals surface area contributed by atoms with Crippen LogP contribution in [0.3, 0.4) is 0 Å². The minimum Gasteiger partial charge on any atom is -0.459 e. The fraction of sp³-hybridized carbons (Fsp3) is 0.692. The molecule has 0 saturated carbocycles. The maximum Gasteiger partial charge on any atom is 0.341 e. The molecule has 1 aliphatic heterocycles. The van der Waals surface area contributed by atoms with Crippen molar-refractivity contribution >= 4 is 23.9 Å². The van der Waals surface area contributed by atoms with Crippen LogP contribution in [0.15, 0.2) is 23.8 Å². The van der Waals surface area contributed by atoms with E-state index < -0.39 is 82.5 Å². The third kappa shape index (κ3) is 4.63. The molecule has 38 heavy (non-hydrogen) atoms. The lowest BCUT2D eigenvalue weighted by atomic mass is 9.54. The van der Waals surface area contributed by atoms with Crippen LogP contribution < -0.4 is 0 Å². The number of ether oxygens (including phenoxy) is 4. The summed E-state index contributed by atoms with van der Waals surface area (Å²) in [6.07, 6.45) is -3.71. The molecule has 0 spiro atoms. The highest BCUT2D eigenvalue weighted by molar-refractivity contribution is 5.84. The molecule has 4 N–H and O–H groups in total. The zero-order valence-electron chi connectivity index (χ0n) is 22.5. The zero-order chi connectivity index (χ0) is 29.0. The molecule has 0 aromatic carbocycles. The van der Waals surface area contributed by atoms with Gasteiger partial charge in [0.15, 0.2) is 17.3 Å². The lowest BCUT2D eigenvalue weighted by Gasteiger charge is -2.57. The number of aliphatic hydroxyl groups excluding tert-OH is 1. The van der Waals surface area contributed by atoms with Crippen molar-refractivity contribution in [2.24, 2.45) is 11.3 Å². The smallest absolute Gasteiger partial charge is 0.341 e. The van der Waals surface area contributed by atoms with Crippen molar-refractivity contribution in [1.29, 1.82) is 0 Å². The Kier molecular flexibility index (Phi) is 7.63. The average molecular weight is 541 g/mol. The topological polar surface area (TPSA) is 186 Å². The molecule has 1 heterocycles. The van der Waals surface area contributed by atoms with Crippen molar-refractivity contribution < 1.29 is 58.6 Å². The molecule has 1 unspecified atom stereocenters. The van der Waals surface area contributed by atoms with E-state index in [2.05, 4.69) is 0 Å². The normalized spacial score (nSPS) is 46.0. The molecule has 0 bridgehead atoms. The van der Waals surface area contributed by atoms with Crippen LogP contribution in [0, 0.1) is 11.3 Å². The number of rotatable bonds is 3. The summed E-state index contributed by atoms with van der Waals surface area (Å²) in [5, 5.41) is 46.0. The van der Waals surface area contributed by atoms with Crippen molar-refractivity contribution in [3.8, 4) is 0 Å². The maximum atomic E-state index is 12.8. The van der Waals surface area contributed by atoms with E-state index in [1.54, 1.807) is 6.92 Å². The van der Waals surface area contributed by atoms with Gasteiger partial charge in [0.25, 0.3) is 0 Å². The first-order valence-electron chi connectivity index (χ1n) is 12.2. The number of esters is 4. The summed E-state index contributed by atoms with van der Waals surface area (Å²) < 4.78 is 22.2. The van der Waals surface area contributed by atoms with Gasteiger partial charge in [-0.15, -0.1) is 0 Å². The molecule has 3 aliphatic rings. The molecule has 0 aromatic heterocycles. The average Bonchev–Trinajstić information content (AvgIpc) is 2.92. The minimum absolute atomic E-state index is 0.0666. The van der Waals surface area contributed by atoms with Crippen LogP contribution in [-0.2, 0) is 38.1 Å². The minimum atomic E-state index is -2.69. The quantitative estimate of drug-likeness (QED) is 0.211. The first-order chi connectivity index (χ1) is 17.3. The molecule has 0 radical (unpaired) electrons. The Balaban J connectivity index is 2.47. The largest absolute Gasteiger partial charge is 0.459 e. The Morgan fingerprint density at radius 2 is 1.47 bits per heavy atom. The number of hydrogen-bond acceptors (Lipinski definition) is 12. The van der Waals surface area contributed by atoms with E-state index in [9.17, 15) is 39.6 Å². The van der Waals surface area contributed by atoms with E-state index in [4.69, 9.17) is 18.9 Å². The highest BCUT2D eigenvalue weighted by Gasteiger charge is 2.74. The monoisotopic (exact) mass is 540 g/mol. The van der Waals surface area contributed by atoms with Crippen LogP contribution in [0.25, 0.3) is 0 Å². The van der Waals surface area contributed by atoms with Gasteiger partial charge in [0.05, 0.1) is 5.60 Å². The fourth-order valence-corrected chi connectivity index (χ4v) is 6.12. The van der Waals surface area contributed by atoms with Gasteiger partial charge in [-0.1, -0.05) is 24.6 Å². The lowest BCUT2D eigenvalue weighted by Crippen LogP contribution is -2.73. The number of aliphatic hydroxyl groups is 4. The molecule has 1 fully saturated rings. The van der Waals surface area contributed by atoms with Crippen LogP contribution in [0.4, 0.5) is 0 Å². The van der Waals surface area contributed by atoms with Crippen molar-refractivity contribution in [3.63, 3.8) is 0 Å². The van der Waals surface area contributed by atoms with Crippen LogP contribution in [-0.4, -0.2) is 91.6 Å². The number of carbonyl (C=O) groups excluding carboxylic acids is 4. The van der Waals surface area contributed by atoms with Crippen LogP contribution >= 0.6 is 0 Å². The SMILES string of the molecule is CC(=O)OC1[C@H]2[C@](C)(O)[C@H](O)C=C[C@]2(C)[C@@H](OC(C)=O)[C@H](OC(C)=O)C/C(C)=C\[C@@H]2OC(=O)[C@@](C)(O)[C@@]12O. The van der Waals surface area contributed by atoms with Crippen molar-refractivity contribution in [2.75, 3.05) is 0 Å². The summed E-state index contributed by atoms with van der Waals surface area (Å²) in [5.74, 6) is -5.20. The molecule has 0 aromatic rings. The fourth-order valence-electron chi connectivity index (χ4n) is 6.12. The predicted molar refractivity (Wildman–Crippen MR) is 128 cm³/mol. The summed E-state index contributed by atoms with van der Waals surface area (Å²) >= 11 is 0. The standard InChI is InChI=1S/C26H36O12/c1-12-10-16(35-13(2)27)20(36-14(3)28)23(5)9-8-17(30)24(6,32)19(23)21(37-15(4)29)26(34)18(11-12)38-22(31)25(26,7)33/h8-9,11,16-21,30,32-34H,10H2,1-7H3/b12-11-/t16-,17-,18+,19-,20+,21?,23+,24-,25-,26+/m1/s1. The van der Waals surface area contributed by atoms with Gasteiger partial charge in [-0.3, -0.25) is 14.4 Å². The summed E-state index contributed by atoms with van der Waals surface area (Å²) in [6.45, 7) is 8.61. The van der Waals surface area contributed by atoms with Gasteiger partial charge in [0, 0.05) is 38.5 Å². The van der Waals surface area contributed by atoms with Gasteiger partial charge in [-0.25, -0.2) is 4.79 Å². The molecular weight excluding hydrogens is 504 g/mol. The Labute approximate surface area is 220 Å². The maximum absolute atomic E-state index is 12.8. The molecule has 2 aliphatic carbocycles. The Bertz CT molecular complexity index is 1070. The van der Waals surface area contributed by atoms with Crippen LogP contribution in [0.1, 0.15) is 54.9 Å². The Hall–Kier alpha value is -2.80. The summed E-state index contributed by atoms with van der Waals surface area (Å²) in [5.41, 5.74) is -8.77. The highest BCUT2D eigenvalue weighted by atomic mass is 16.6. The predicted octanol–water partition coefficient (Wildman–Crippen LogP) is -0.157. The third-order valence-corrected chi connectivity index (χ3v) is 7.93. The molecule has 0 amide bonds. The van der Waals surface area contributed by atoms with Crippen molar-refractivity contribution in [1.82, 2.24) is 0 Å². The van der Waals surface area contributed by atoms with Gasteiger partial charge in [-0.05, 0) is 26.8 Å². The van der Waals surface area contributed by atoms with Gasteiger partial charge in [0.2, 0.25) is 0 Å². The van der Waals surface area contributed by atoms with Crippen molar-refractivity contribution in [3.05, 3.63) is 23.8 Å². The van der Waals surface area contributed by atoms with Crippen molar-refractivity contribution in [2.45, 2.75) is 102 Å². The third-order valence-electron chi connectivity index (χ3n) is 7.93. The van der Waals surface area contributed by atoms with Gasteiger partial charge < -0.3 is 39.4 Å². The second kappa shape index (κ2) is 9.74. The number of carbonyl (C=O) groups is 4. The first kappa shape index (κ1) is 29.8. The molecular formula is C26H36O12. The van der Waals surface area contributed by atoms with E-state index in [0.717, 1.165) is 27.7 Å². The van der Waals surface area contributed by atoms with Gasteiger partial charge in [0.1, 0.15) is 24.4 Å². The second-order valence-electron chi connectivity index (χ2n) is 11.0. The molecule has 212 valence electrons. The number of fused-ring (bicyclic) bond motifs is 2. The summed E-state index contributed by atoms with van der Waals surface area (Å²) in [6, 6.07) is 0. The van der Waals surface area contributed by atoms with Gasteiger partial charge >= 0.3 is 23.9 Å².